The Labute approximate surface area is 203 Å². The molecule has 1 unspecified atom stereocenters. The van der Waals surface area contributed by atoms with Gasteiger partial charge >= 0.3 is 0 Å². The van der Waals surface area contributed by atoms with Gasteiger partial charge in [0.25, 0.3) is 5.91 Å². The van der Waals surface area contributed by atoms with Gasteiger partial charge in [0.2, 0.25) is 0 Å². The number of rotatable bonds is 7. The molecule has 0 spiro atoms. The quantitative estimate of drug-likeness (QED) is 0.488. The SMILES string of the molecule is Cc1cncc(C)c1-c1ccc(NCC(NC(=O)c2ccnn2C)C2CCC(C)(C)CC2)cc1. The molecule has 6 nitrogen and oxygen atoms in total. The maximum atomic E-state index is 13.0. The number of aryl methyl sites for hydroxylation is 3. The van der Waals surface area contributed by atoms with Crippen LogP contribution in [0, 0.1) is 25.2 Å². The van der Waals surface area contributed by atoms with Crippen molar-refractivity contribution < 1.29 is 4.79 Å². The molecule has 0 radical (unpaired) electrons. The minimum absolute atomic E-state index is 0.0582. The first kappa shape index (κ1) is 24.0. The van der Waals surface area contributed by atoms with Crippen LogP contribution in [0.2, 0.25) is 0 Å². The van der Waals surface area contributed by atoms with Crippen molar-refractivity contribution in [2.45, 2.75) is 59.4 Å². The number of aromatic nitrogens is 3. The number of pyridine rings is 1. The molecule has 180 valence electrons. The largest absolute Gasteiger partial charge is 0.383 e. The lowest BCUT2D eigenvalue weighted by atomic mass is 9.71. The summed E-state index contributed by atoms with van der Waals surface area (Å²) in [7, 11) is 1.80. The number of benzene rings is 1. The minimum atomic E-state index is -0.0596. The molecule has 1 aromatic carbocycles. The standard InChI is InChI=1S/C28H37N5O/c1-19-16-29-17-20(2)26(19)22-6-8-23(9-7-22)30-18-24(21-10-13-28(3,4)14-11-21)32-27(34)25-12-15-31-33(25)5/h6-9,12,15-17,21,24,30H,10-11,13-14,18H2,1-5H3,(H,32,34). The molecule has 6 heteroatoms. The molecule has 2 heterocycles. The first-order valence-electron chi connectivity index (χ1n) is 12.3. The Kier molecular flexibility index (Phi) is 7.05. The van der Waals surface area contributed by atoms with Crippen molar-refractivity contribution in [3.05, 3.63) is 65.7 Å². The van der Waals surface area contributed by atoms with Gasteiger partial charge in [-0.25, -0.2) is 0 Å². The molecule has 1 aliphatic rings. The van der Waals surface area contributed by atoms with Gasteiger partial charge in [-0.3, -0.25) is 14.5 Å². The summed E-state index contributed by atoms with van der Waals surface area (Å²) in [5.41, 5.74) is 6.83. The molecule has 1 aliphatic carbocycles. The van der Waals surface area contributed by atoms with E-state index in [9.17, 15) is 4.79 Å². The monoisotopic (exact) mass is 459 g/mol. The van der Waals surface area contributed by atoms with E-state index in [4.69, 9.17) is 0 Å². The van der Waals surface area contributed by atoms with E-state index in [1.165, 1.54) is 35.1 Å². The lowest BCUT2D eigenvalue weighted by Crippen LogP contribution is -2.46. The second kappa shape index (κ2) is 10.00. The molecule has 4 rings (SSSR count). The number of anilines is 1. The van der Waals surface area contributed by atoms with Gasteiger partial charge in [0.15, 0.2) is 0 Å². The minimum Gasteiger partial charge on any atom is -0.383 e. The Morgan fingerprint density at radius 1 is 1.09 bits per heavy atom. The van der Waals surface area contributed by atoms with E-state index in [1.54, 1.807) is 24.0 Å². The molecule has 2 N–H and O–H groups in total. The van der Waals surface area contributed by atoms with E-state index in [2.05, 4.69) is 72.7 Å². The van der Waals surface area contributed by atoms with Crippen LogP contribution in [-0.2, 0) is 7.05 Å². The van der Waals surface area contributed by atoms with Gasteiger partial charge in [0.1, 0.15) is 5.69 Å². The highest BCUT2D eigenvalue weighted by Crippen LogP contribution is 2.39. The molecule has 1 saturated carbocycles. The maximum absolute atomic E-state index is 13.0. The highest BCUT2D eigenvalue weighted by molar-refractivity contribution is 5.92. The molecular weight excluding hydrogens is 422 g/mol. The van der Waals surface area contributed by atoms with Crippen LogP contribution in [0.15, 0.2) is 48.9 Å². The summed E-state index contributed by atoms with van der Waals surface area (Å²) in [6.45, 7) is 9.59. The predicted molar refractivity (Wildman–Crippen MR) is 138 cm³/mol. The fourth-order valence-electron chi connectivity index (χ4n) is 5.14. The molecule has 1 fully saturated rings. The van der Waals surface area contributed by atoms with Crippen LogP contribution in [0.5, 0.6) is 0 Å². The number of amides is 1. The average Bonchev–Trinajstić information content (AvgIpc) is 3.23. The zero-order valence-corrected chi connectivity index (χ0v) is 21.1. The molecule has 2 aromatic heterocycles. The molecular formula is C28H37N5O. The number of carbonyl (C=O) groups is 1. The molecule has 34 heavy (non-hydrogen) atoms. The highest BCUT2D eigenvalue weighted by Gasteiger charge is 2.32. The number of nitrogens with one attached hydrogen (secondary N) is 2. The van der Waals surface area contributed by atoms with Gasteiger partial charge in [-0.1, -0.05) is 26.0 Å². The van der Waals surface area contributed by atoms with Crippen LogP contribution < -0.4 is 10.6 Å². The van der Waals surface area contributed by atoms with E-state index in [1.807, 2.05) is 12.4 Å². The van der Waals surface area contributed by atoms with Crippen molar-refractivity contribution in [3.8, 4) is 11.1 Å². The fraction of sp³-hybridized carbons (Fsp3) is 0.464. The van der Waals surface area contributed by atoms with Crippen LogP contribution in [0.3, 0.4) is 0 Å². The van der Waals surface area contributed by atoms with E-state index in [0.29, 0.717) is 23.6 Å². The van der Waals surface area contributed by atoms with Crippen molar-refractivity contribution in [1.82, 2.24) is 20.1 Å². The first-order chi connectivity index (χ1) is 16.2. The zero-order valence-electron chi connectivity index (χ0n) is 21.1. The zero-order chi connectivity index (χ0) is 24.3. The first-order valence-corrected chi connectivity index (χ1v) is 12.3. The van der Waals surface area contributed by atoms with Crippen molar-refractivity contribution >= 4 is 11.6 Å². The second-order valence-electron chi connectivity index (χ2n) is 10.5. The van der Waals surface area contributed by atoms with Crippen LogP contribution >= 0.6 is 0 Å². The van der Waals surface area contributed by atoms with E-state index in [0.717, 1.165) is 18.5 Å². The smallest absolute Gasteiger partial charge is 0.269 e. The lowest BCUT2D eigenvalue weighted by Gasteiger charge is -2.38. The summed E-state index contributed by atoms with van der Waals surface area (Å²) >= 11 is 0. The van der Waals surface area contributed by atoms with Crippen LogP contribution in [0.4, 0.5) is 5.69 Å². The summed E-state index contributed by atoms with van der Waals surface area (Å²) in [6, 6.07) is 10.4. The predicted octanol–water partition coefficient (Wildman–Crippen LogP) is 5.53. The Balaban J connectivity index is 1.46. The number of nitrogens with zero attached hydrogens (tertiary/aromatic N) is 3. The van der Waals surface area contributed by atoms with Gasteiger partial charge in [0.05, 0.1) is 0 Å². The number of hydrogen-bond acceptors (Lipinski definition) is 4. The van der Waals surface area contributed by atoms with E-state index < -0.39 is 0 Å². The fourth-order valence-corrected chi connectivity index (χ4v) is 5.14. The van der Waals surface area contributed by atoms with Gasteiger partial charge in [-0.05, 0) is 91.3 Å². The number of hydrogen-bond donors (Lipinski definition) is 2. The normalized spacial score (nSPS) is 16.7. The van der Waals surface area contributed by atoms with Crippen molar-refractivity contribution in [3.63, 3.8) is 0 Å². The topological polar surface area (TPSA) is 71.8 Å². The molecule has 1 atom stereocenters. The molecule has 3 aromatic rings. The summed E-state index contributed by atoms with van der Waals surface area (Å²) in [5, 5.41) is 11.0. The third kappa shape index (κ3) is 5.49. The third-order valence-corrected chi connectivity index (χ3v) is 7.35. The second-order valence-corrected chi connectivity index (χ2v) is 10.5. The maximum Gasteiger partial charge on any atom is 0.269 e. The van der Waals surface area contributed by atoms with Crippen molar-refractivity contribution in [2.75, 3.05) is 11.9 Å². The van der Waals surface area contributed by atoms with E-state index >= 15 is 0 Å². The van der Waals surface area contributed by atoms with Crippen molar-refractivity contribution in [1.29, 1.82) is 0 Å². The Hall–Kier alpha value is -3.15. The average molecular weight is 460 g/mol. The summed E-state index contributed by atoms with van der Waals surface area (Å²) in [5.74, 6) is 0.398. The molecule has 0 bridgehead atoms. The Bertz CT molecular complexity index is 1100. The van der Waals surface area contributed by atoms with Crippen molar-refractivity contribution in [2.24, 2.45) is 18.4 Å². The van der Waals surface area contributed by atoms with Crippen LogP contribution in [0.25, 0.3) is 11.1 Å². The molecule has 0 saturated heterocycles. The molecule has 0 aliphatic heterocycles. The summed E-state index contributed by atoms with van der Waals surface area (Å²) < 4.78 is 1.63. The van der Waals surface area contributed by atoms with Gasteiger partial charge in [-0.2, -0.15) is 5.10 Å². The Morgan fingerprint density at radius 2 is 1.74 bits per heavy atom. The summed E-state index contributed by atoms with van der Waals surface area (Å²) in [6.07, 6.45) is 10.1. The molecule has 1 amide bonds. The van der Waals surface area contributed by atoms with Gasteiger partial charge < -0.3 is 10.6 Å². The highest BCUT2D eigenvalue weighted by atomic mass is 16.2. The van der Waals surface area contributed by atoms with Gasteiger partial charge in [-0.15, -0.1) is 0 Å². The van der Waals surface area contributed by atoms with Crippen LogP contribution in [-0.4, -0.2) is 33.3 Å². The summed E-state index contributed by atoms with van der Waals surface area (Å²) in [4.78, 5) is 17.3. The Morgan fingerprint density at radius 3 is 2.32 bits per heavy atom. The lowest BCUT2D eigenvalue weighted by molar-refractivity contribution is 0.0890. The van der Waals surface area contributed by atoms with E-state index in [-0.39, 0.29) is 11.9 Å². The number of carbonyl (C=O) groups excluding carboxylic acids is 1. The third-order valence-electron chi connectivity index (χ3n) is 7.35. The van der Waals surface area contributed by atoms with Crippen LogP contribution in [0.1, 0.15) is 61.1 Å². The van der Waals surface area contributed by atoms with Gasteiger partial charge in [0, 0.05) is 43.9 Å².